The van der Waals surface area contributed by atoms with Crippen LogP contribution in [0.3, 0.4) is 0 Å². The van der Waals surface area contributed by atoms with Gasteiger partial charge in [-0.3, -0.25) is 0 Å². The van der Waals surface area contributed by atoms with E-state index in [-0.39, 0.29) is 30.4 Å². The SMILES string of the molecule is CCOC(=O)c1cc(NC(=O)N2CCC(CO)C2)c(F)cc1C. The third-order valence-electron chi connectivity index (χ3n) is 3.88. The number of urea groups is 1. The van der Waals surface area contributed by atoms with E-state index in [0.29, 0.717) is 25.1 Å². The summed E-state index contributed by atoms with van der Waals surface area (Å²) in [4.78, 5) is 25.5. The van der Waals surface area contributed by atoms with Crippen molar-refractivity contribution in [2.45, 2.75) is 20.3 Å². The molecule has 2 N–H and O–H groups in total. The first-order chi connectivity index (χ1) is 11.0. The standard InChI is InChI=1S/C16H21FN2O4/c1-3-23-15(21)12-7-14(13(17)6-10(12)2)18-16(22)19-5-4-11(8-19)9-20/h6-7,11,20H,3-5,8-9H2,1-2H3,(H,18,22). The number of carbonyl (C=O) groups is 2. The molecule has 1 aromatic carbocycles. The van der Waals surface area contributed by atoms with Crippen molar-refractivity contribution in [2.24, 2.45) is 5.92 Å². The number of nitrogens with one attached hydrogen (secondary N) is 1. The van der Waals surface area contributed by atoms with Crippen LogP contribution in [0.4, 0.5) is 14.9 Å². The molecule has 0 aliphatic carbocycles. The van der Waals surface area contributed by atoms with Crippen molar-refractivity contribution in [1.82, 2.24) is 4.90 Å². The summed E-state index contributed by atoms with van der Waals surface area (Å²) in [5, 5.41) is 11.6. The number of benzene rings is 1. The van der Waals surface area contributed by atoms with E-state index < -0.39 is 17.8 Å². The van der Waals surface area contributed by atoms with Gasteiger partial charge in [0.25, 0.3) is 0 Å². The summed E-state index contributed by atoms with van der Waals surface area (Å²) in [5.41, 5.74) is 0.606. The number of anilines is 1. The Morgan fingerprint density at radius 1 is 1.48 bits per heavy atom. The van der Waals surface area contributed by atoms with Gasteiger partial charge in [-0.1, -0.05) is 0 Å². The molecule has 1 heterocycles. The predicted molar refractivity (Wildman–Crippen MR) is 82.9 cm³/mol. The maximum absolute atomic E-state index is 14.0. The summed E-state index contributed by atoms with van der Waals surface area (Å²) in [5.74, 6) is -1.11. The van der Waals surface area contributed by atoms with Gasteiger partial charge in [0, 0.05) is 25.6 Å². The first-order valence-electron chi connectivity index (χ1n) is 7.60. The summed E-state index contributed by atoms with van der Waals surface area (Å²) in [6, 6.07) is 2.04. The van der Waals surface area contributed by atoms with Gasteiger partial charge < -0.3 is 20.1 Å². The molecule has 6 nitrogen and oxygen atoms in total. The van der Waals surface area contributed by atoms with Gasteiger partial charge in [-0.25, -0.2) is 14.0 Å². The van der Waals surface area contributed by atoms with Crippen molar-refractivity contribution in [3.8, 4) is 0 Å². The number of nitrogens with zero attached hydrogens (tertiary/aromatic N) is 1. The van der Waals surface area contributed by atoms with Gasteiger partial charge in [0.05, 0.1) is 17.9 Å². The van der Waals surface area contributed by atoms with Gasteiger partial charge in [-0.2, -0.15) is 0 Å². The molecule has 0 radical (unpaired) electrons. The number of aliphatic hydroxyl groups excluding tert-OH is 1. The molecule has 0 bridgehead atoms. The van der Waals surface area contributed by atoms with Gasteiger partial charge in [0.15, 0.2) is 0 Å². The van der Waals surface area contributed by atoms with Crippen LogP contribution in [-0.4, -0.2) is 48.3 Å². The Morgan fingerprint density at radius 3 is 2.83 bits per heavy atom. The van der Waals surface area contributed by atoms with Gasteiger partial charge in [-0.05, 0) is 38.0 Å². The smallest absolute Gasteiger partial charge is 0.338 e. The van der Waals surface area contributed by atoms with Crippen LogP contribution in [0.5, 0.6) is 0 Å². The van der Waals surface area contributed by atoms with Crippen LogP contribution in [0.1, 0.15) is 29.3 Å². The Morgan fingerprint density at radius 2 is 2.22 bits per heavy atom. The van der Waals surface area contributed by atoms with Gasteiger partial charge in [0.1, 0.15) is 5.82 Å². The molecule has 2 amide bonds. The van der Waals surface area contributed by atoms with E-state index in [9.17, 15) is 14.0 Å². The summed E-state index contributed by atoms with van der Waals surface area (Å²) in [6.07, 6.45) is 0.717. The number of hydrogen-bond donors (Lipinski definition) is 2. The topological polar surface area (TPSA) is 78.9 Å². The summed E-state index contributed by atoms with van der Waals surface area (Å²) in [6.45, 7) is 4.47. The first kappa shape index (κ1) is 17.2. The van der Waals surface area contributed by atoms with E-state index in [1.807, 2.05) is 0 Å². The van der Waals surface area contributed by atoms with E-state index in [1.165, 1.54) is 17.0 Å². The molecule has 0 aromatic heterocycles. The number of carbonyl (C=O) groups excluding carboxylic acids is 2. The van der Waals surface area contributed by atoms with Gasteiger partial charge >= 0.3 is 12.0 Å². The molecule has 0 saturated carbocycles. The minimum absolute atomic E-state index is 0.0235. The van der Waals surface area contributed by atoms with E-state index in [0.717, 1.165) is 0 Å². The minimum atomic E-state index is -0.609. The number of halogens is 1. The Balaban J connectivity index is 2.14. The number of aryl methyl sites for hydroxylation is 1. The van der Waals surface area contributed by atoms with Crippen molar-refractivity contribution in [3.05, 3.63) is 29.1 Å². The van der Waals surface area contributed by atoms with E-state index >= 15 is 0 Å². The van der Waals surface area contributed by atoms with Crippen molar-refractivity contribution < 1.29 is 23.8 Å². The molecule has 7 heteroatoms. The van der Waals surface area contributed by atoms with Gasteiger partial charge in [-0.15, -0.1) is 0 Å². The van der Waals surface area contributed by atoms with Crippen molar-refractivity contribution >= 4 is 17.7 Å². The Bertz CT molecular complexity index is 606. The van der Waals surface area contributed by atoms with Crippen LogP contribution >= 0.6 is 0 Å². The Kier molecular flexibility index (Phi) is 5.54. The fraction of sp³-hybridized carbons (Fsp3) is 0.500. The van der Waals surface area contributed by atoms with Crippen molar-refractivity contribution in [2.75, 3.05) is 31.6 Å². The molecule has 1 aliphatic heterocycles. The van der Waals surface area contributed by atoms with Crippen LogP contribution in [-0.2, 0) is 4.74 Å². The zero-order valence-corrected chi connectivity index (χ0v) is 13.3. The molecular formula is C16H21FN2O4. The minimum Gasteiger partial charge on any atom is -0.462 e. The van der Waals surface area contributed by atoms with Crippen LogP contribution in [0.2, 0.25) is 0 Å². The predicted octanol–water partition coefficient (Wildman–Crippen LogP) is 2.16. The molecular weight excluding hydrogens is 303 g/mol. The number of amides is 2. The highest BCUT2D eigenvalue weighted by atomic mass is 19.1. The second kappa shape index (κ2) is 7.41. The van der Waals surface area contributed by atoms with Crippen LogP contribution in [0, 0.1) is 18.7 Å². The number of ether oxygens (including phenoxy) is 1. The fourth-order valence-electron chi connectivity index (χ4n) is 2.56. The molecule has 1 aromatic rings. The fourth-order valence-corrected chi connectivity index (χ4v) is 2.56. The van der Waals surface area contributed by atoms with E-state index in [4.69, 9.17) is 9.84 Å². The highest BCUT2D eigenvalue weighted by Crippen LogP contribution is 2.23. The average Bonchev–Trinajstić information content (AvgIpc) is 2.99. The average molecular weight is 324 g/mol. The maximum Gasteiger partial charge on any atom is 0.338 e. The summed E-state index contributed by atoms with van der Waals surface area (Å²) >= 11 is 0. The second-order valence-corrected chi connectivity index (χ2v) is 5.58. The number of aliphatic hydroxyl groups is 1. The normalized spacial score (nSPS) is 17.2. The van der Waals surface area contributed by atoms with Crippen LogP contribution < -0.4 is 5.32 Å². The highest BCUT2D eigenvalue weighted by Gasteiger charge is 2.26. The van der Waals surface area contributed by atoms with E-state index in [2.05, 4.69) is 5.32 Å². The molecule has 2 rings (SSSR count). The Labute approximate surface area is 134 Å². The molecule has 126 valence electrons. The lowest BCUT2D eigenvalue weighted by molar-refractivity contribution is 0.0525. The molecule has 1 atom stereocenters. The third kappa shape index (κ3) is 3.98. The lowest BCUT2D eigenvalue weighted by atomic mass is 10.1. The lowest BCUT2D eigenvalue weighted by Crippen LogP contribution is -2.33. The molecule has 23 heavy (non-hydrogen) atoms. The molecule has 0 spiro atoms. The maximum atomic E-state index is 14.0. The lowest BCUT2D eigenvalue weighted by Gasteiger charge is -2.18. The first-order valence-corrected chi connectivity index (χ1v) is 7.60. The largest absolute Gasteiger partial charge is 0.462 e. The number of esters is 1. The van der Waals surface area contributed by atoms with Crippen molar-refractivity contribution in [1.29, 1.82) is 0 Å². The number of rotatable bonds is 4. The monoisotopic (exact) mass is 324 g/mol. The molecule has 1 unspecified atom stereocenters. The molecule has 1 saturated heterocycles. The second-order valence-electron chi connectivity index (χ2n) is 5.58. The zero-order valence-electron chi connectivity index (χ0n) is 13.3. The summed E-state index contributed by atoms with van der Waals surface area (Å²) in [7, 11) is 0. The number of hydrogen-bond acceptors (Lipinski definition) is 4. The van der Waals surface area contributed by atoms with E-state index in [1.54, 1.807) is 13.8 Å². The van der Waals surface area contributed by atoms with Crippen LogP contribution in [0.25, 0.3) is 0 Å². The molecule has 1 aliphatic rings. The summed E-state index contributed by atoms with van der Waals surface area (Å²) < 4.78 is 19.0. The third-order valence-corrected chi connectivity index (χ3v) is 3.88. The molecule has 1 fully saturated rings. The quantitative estimate of drug-likeness (QED) is 0.832. The van der Waals surface area contributed by atoms with Gasteiger partial charge in [0.2, 0.25) is 0 Å². The highest BCUT2D eigenvalue weighted by molar-refractivity contribution is 5.95. The van der Waals surface area contributed by atoms with Crippen molar-refractivity contribution in [3.63, 3.8) is 0 Å². The zero-order chi connectivity index (χ0) is 17.0. The van der Waals surface area contributed by atoms with Crippen LogP contribution in [0.15, 0.2) is 12.1 Å². The Hall–Kier alpha value is -2.15. The number of likely N-dealkylation sites (tertiary alicyclic amines) is 1.